The van der Waals surface area contributed by atoms with Crippen LogP contribution in [0.4, 0.5) is 0 Å². The van der Waals surface area contributed by atoms with Crippen molar-refractivity contribution in [1.29, 1.82) is 0 Å². The second kappa shape index (κ2) is 11.7. The fourth-order valence-electron chi connectivity index (χ4n) is 2.44. The highest BCUT2D eigenvalue weighted by molar-refractivity contribution is 14.0. The highest BCUT2D eigenvalue weighted by atomic mass is 127. The Labute approximate surface area is 166 Å². The number of hydrogen-bond donors (Lipinski definition) is 2. The van der Waals surface area contributed by atoms with Crippen LogP contribution in [0.25, 0.3) is 0 Å². The summed E-state index contributed by atoms with van der Waals surface area (Å²) < 4.78 is 10.9. The molecule has 2 aromatic carbocycles. The monoisotopic (exact) mass is 455 g/mol. The Balaban J connectivity index is 0.00000312. The van der Waals surface area contributed by atoms with Crippen molar-refractivity contribution in [2.45, 2.75) is 12.6 Å². The maximum atomic E-state index is 5.57. The molecule has 1 atom stereocenters. The fraction of sp³-hybridized carbons (Fsp3) is 0.316. The normalized spacial score (nSPS) is 12.0. The topological polar surface area (TPSA) is 54.9 Å². The van der Waals surface area contributed by atoms with Crippen molar-refractivity contribution in [1.82, 2.24) is 10.6 Å². The van der Waals surface area contributed by atoms with Gasteiger partial charge in [-0.25, -0.2) is 0 Å². The van der Waals surface area contributed by atoms with E-state index in [0.29, 0.717) is 13.1 Å². The van der Waals surface area contributed by atoms with Gasteiger partial charge in [-0.05, 0) is 11.6 Å². The van der Waals surface area contributed by atoms with Crippen molar-refractivity contribution in [2.24, 2.45) is 4.99 Å². The molecule has 0 aliphatic heterocycles. The van der Waals surface area contributed by atoms with E-state index < -0.39 is 0 Å². The molecule has 136 valence electrons. The van der Waals surface area contributed by atoms with Gasteiger partial charge in [-0.1, -0.05) is 48.5 Å². The Bertz CT molecular complexity index is 650. The molecule has 5 nitrogen and oxygen atoms in total. The third-order valence-electron chi connectivity index (χ3n) is 3.77. The molecule has 0 bridgehead atoms. The third kappa shape index (κ3) is 6.55. The lowest BCUT2D eigenvalue weighted by atomic mass is 10.1. The van der Waals surface area contributed by atoms with Gasteiger partial charge in [0.1, 0.15) is 5.75 Å². The molecule has 25 heavy (non-hydrogen) atoms. The molecule has 0 aliphatic rings. The highest BCUT2D eigenvalue weighted by Gasteiger charge is 2.11. The number of nitrogens with zero attached hydrogens (tertiary/aromatic N) is 1. The summed E-state index contributed by atoms with van der Waals surface area (Å²) in [6, 6.07) is 18.1. The molecule has 2 rings (SSSR count). The molecule has 0 aromatic heterocycles. The standard InChI is InChI=1S/C19H25N3O2.HI/c1-20-19(21-13-16-11-7-8-12-17(16)23-2)22-14-18(24-3)15-9-5-4-6-10-15;/h4-12,18H,13-14H2,1-3H3,(H2,20,21,22);1H. The summed E-state index contributed by atoms with van der Waals surface area (Å²) >= 11 is 0. The molecule has 2 aromatic rings. The fourth-order valence-corrected chi connectivity index (χ4v) is 2.44. The van der Waals surface area contributed by atoms with Crippen LogP contribution in [-0.2, 0) is 11.3 Å². The van der Waals surface area contributed by atoms with Crippen molar-refractivity contribution < 1.29 is 9.47 Å². The van der Waals surface area contributed by atoms with Crippen LogP contribution in [0, 0.1) is 0 Å². The summed E-state index contributed by atoms with van der Waals surface area (Å²) in [5.74, 6) is 1.58. The van der Waals surface area contributed by atoms with Crippen molar-refractivity contribution in [2.75, 3.05) is 27.8 Å². The van der Waals surface area contributed by atoms with E-state index in [1.807, 2.05) is 42.5 Å². The van der Waals surface area contributed by atoms with Crippen LogP contribution < -0.4 is 15.4 Å². The van der Waals surface area contributed by atoms with Gasteiger partial charge in [0, 0.05) is 32.8 Å². The van der Waals surface area contributed by atoms with Gasteiger partial charge < -0.3 is 20.1 Å². The number of hydrogen-bond acceptors (Lipinski definition) is 3. The number of ether oxygens (including phenoxy) is 2. The third-order valence-corrected chi connectivity index (χ3v) is 3.77. The molecule has 0 spiro atoms. The molecule has 0 aliphatic carbocycles. The zero-order valence-corrected chi connectivity index (χ0v) is 17.2. The van der Waals surface area contributed by atoms with Crippen LogP contribution in [0.1, 0.15) is 17.2 Å². The maximum Gasteiger partial charge on any atom is 0.191 e. The highest BCUT2D eigenvalue weighted by Crippen LogP contribution is 2.17. The number of halogens is 1. The number of rotatable bonds is 7. The largest absolute Gasteiger partial charge is 0.496 e. The maximum absolute atomic E-state index is 5.57. The first kappa shape index (κ1) is 21.2. The Morgan fingerprint density at radius 1 is 1.00 bits per heavy atom. The number of methoxy groups -OCH3 is 2. The summed E-state index contributed by atoms with van der Waals surface area (Å²) in [4.78, 5) is 4.26. The number of aliphatic imine (C=N–C) groups is 1. The van der Waals surface area contributed by atoms with Gasteiger partial charge in [-0.15, -0.1) is 24.0 Å². The van der Waals surface area contributed by atoms with E-state index in [2.05, 4.69) is 27.8 Å². The quantitative estimate of drug-likeness (QED) is 0.382. The van der Waals surface area contributed by atoms with Gasteiger partial charge >= 0.3 is 0 Å². The van der Waals surface area contributed by atoms with E-state index >= 15 is 0 Å². The average Bonchev–Trinajstić information content (AvgIpc) is 2.65. The SMILES string of the molecule is CN=C(NCc1ccccc1OC)NCC(OC)c1ccccc1.I. The minimum atomic E-state index is -0.0315. The Kier molecular flexibility index (Phi) is 9.94. The van der Waals surface area contributed by atoms with E-state index in [1.165, 1.54) is 0 Å². The molecule has 2 N–H and O–H groups in total. The molecule has 0 fully saturated rings. The van der Waals surface area contributed by atoms with E-state index in [0.717, 1.165) is 22.8 Å². The molecular weight excluding hydrogens is 429 g/mol. The van der Waals surface area contributed by atoms with Crippen molar-refractivity contribution >= 4 is 29.9 Å². The van der Waals surface area contributed by atoms with Crippen LogP contribution in [0.15, 0.2) is 59.6 Å². The number of guanidine groups is 1. The Morgan fingerprint density at radius 2 is 1.68 bits per heavy atom. The van der Waals surface area contributed by atoms with Gasteiger partial charge in [0.15, 0.2) is 5.96 Å². The zero-order valence-electron chi connectivity index (χ0n) is 14.9. The first-order chi connectivity index (χ1) is 11.8. The lowest BCUT2D eigenvalue weighted by molar-refractivity contribution is 0.106. The molecular formula is C19H26IN3O2. The molecule has 0 saturated carbocycles. The van der Waals surface area contributed by atoms with E-state index in [4.69, 9.17) is 9.47 Å². The second-order valence-corrected chi connectivity index (χ2v) is 5.25. The lowest BCUT2D eigenvalue weighted by Gasteiger charge is -2.19. The number of nitrogens with one attached hydrogen (secondary N) is 2. The first-order valence-electron chi connectivity index (χ1n) is 7.92. The Morgan fingerprint density at radius 3 is 2.32 bits per heavy atom. The van der Waals surface area contributed by atoms with Gasteiger partial charge in [0.25, 0.3) is 0 Å². The summed E-state index contributed by atoms with van der Waals surface area (Å²) in [7, 11) is 5.14. The molecule has 0 heterocycles. The van der Waals surface area contributed by atoms with Crippen LogP contribution in [0.5, 0.6) is 5.75 Å². The van der Waals surface area contributed by atoms with Crippen molar-refractivity contribution in [3.05, 3.63) is 65.7 Å². The smallest absolute Gasteiger partial charge is 0.191 e. The molecule has 0 radical (unpaired) electrons. The Hall–Kier alpha value is -1.80. The number of para-hydroxylation sites is 1. The molecule has 1 unspecified atom stereocenters. The molecule has 0 amide bonds. The van der Waals surface area contributed by atoms with Crippen LogP contribution in [0.3, 0.4) is 0 Å². The summed E-state index contributed by atoms with van der Waals surface area (Å²) in [6.07, 6.45) is -0.0315. The van der Waals surface area contributed by atoms with Crippen molar-refractivity contribution in [3.63, 3.8) is 0 Å². The van der Waals surface area contributed by atoms with Gasteiger partial charge in [0.05, 0.1) is 13.2 Å². The minimum absolute atomic E-state index is 0. The van der Waals surface area contributed by atoms with E-state index in [1.54, 1.807) is 21.3 Å². The summed E-state index contributed by atoms with van der Waals surface area (Å²) in [5, 5.41) is 6.59. The zero-order chi connectivity index (χ0) is 17.2. The predicted octanol–water partition coefficient (Wildman–Crippen LogP) is 3.37. The number of benzene rings is 2. The van der Waals surface area contributed by atoms with E-state index in [9.17, 15) is 0 Å². The molecule has 0 saturated heterocycles. The van der Waals surface area contributed by atoms with Crippen LogP contribution in [-0.4, -0.2) is 33.8 Å². The van der Waals surface area contributed by atoms with E-state index in [-0.39, 0.29) is 30.1 Å². The van der Waals surface area contributed by atoms with Crippen LogP contribution in [0.2, 0.25) is 0 Å². The summed E-state index contributed by atoms with van der Waals surface area (Å²) in [6.45, 7) is 1.26. The first-order valence-corrected chi connectivity index (χ1v) is 7.92. The predicted molar refractivity (Wildman–Crippen MR) is 113 cm³/mol. The minimum Gasteiger partial charge on any atom is -0.496 e. The average molecular weight is 455 g/mol. The van der Waals surface area contributed by atoms with Gasteiger partial charge in [-0.3, -0.25) is 4.99 Å². The van der Waals surface area contributed by atoms with Gasteiger partial charge in [0.2, 0.25) is 0 Å². The second-order valence-electron chi connectivity index (χ2n) is 5.25. The summed E-state index contributed by atoms with van der Waals surface area (Å²) in [5.41, 5.74) is 2.21. The molecule has 6 heteroatoms. The van der Waals surface area contributed by atoms with Crippen LogP contribution >= 0.6 is 24.0 Å². The van der Waals surface area contributed by atoms with Crippen molar-refractivity contribution in [3.8, 4) is 5.75 Å². The lowest BCUT2D eigenvalue weighted by Crippen LogP contribution is -2.39. The van der Waals surface area contributed by atoms with Gasteiger partial charge in [-0.2, -0.15) is 0 Å².